The third-order valence-electron chi connectivity index (χ3n) is 5.86. The largest absolute Gasteiger partial charge is 0.497 e. The van der Waals surface area contributed by atoms with Crippen LogP contribution in [0.15, 0.2) is 48.5 Å². The lowest BCUT2D eigenvalue weighted by molar-refractivity contribution is 0.171. The van der Waals surface area contributed by atoms with Crippen molar-refractivity contribution >= 4 is 5.69 Å². The standard InChI is InChI=1S/C23H30N6O3/c1-30-17-16-29-23(24-25-26-29)22(18-4-8-20(31-2)9-5-18)28-14-12-27(13-15-28)19-6-10-21(32-3)11-7-19/h4-11,22H,12-17H2,1-3H3. The number of rotatable bonds is 9. The molecule has 1 atom stereocenters. The Balaban J connectivity index is 1.55. The Hall–Kier alpha value is -3.17. The Morgan fingerprint density at radius 2 is 1.47 bits per heavy atom. The van der Waals surface area contributed by atoms with Crippen molar-refractivity contribution in [1.82, 2.24) is 25.1 Å². The molecule has 1 aliphatic rings. The molecule has 0 aliphatic carbocycles. The van der Waals surface area contributed by atoms with Crippen LogP contribution in [-0.4, -0.2) is 79.2 Å². The highest BCUT2D eigenvalue weighted by atomic mass is 16.5. The number of nitrogens with zero attached hydrogens (tertiary/aromatic N) is 6. The van der Waals surface area contributed by atoms with Gasteiger partial charge in [-0.1, -0.05) is 12.1 Å². The molecule has 1 unspecified atom stereocenters. The van der Waals surface area contributed by atoms with Crippen LogP contribution in [0.2, 0.25) is 0 Å². The Morgan fingerprint density at radius 1 is 0.844 bits per heavy atom. The van der Waals surface area contributed by atoms with Gasteiger partial charge in [-0.05, 0) is 52.4 Å². The molecule has 1 aliphatic heterocycles. The van der Waals surface area contributed by atoms with Crippen molar-refractivity contribution in [1.29, 1.82) is 0 Å². The molecule has 32 heavy (non-hydrogen) atoms. The molecule has 0 N–H and O–H groups in total. The van der Waals surface area contributed by atoms with Crippen LogP contribution in [0.5, 0.6) is 11.5 Å². The monoisotopic (exact) mass is 438 g/mol. The number of ether oxygens (including phenoxy) is 3. The van der Waals surface area contributed by atoms with E-state index in [9.17, 15) is 0 Å². The Morgan fingerprint density at radius 3 is 2.06 bits per heavy atom. The smallest absolute Gasteiger partial charge is 0.173 e. The van der Waals surface area contributed by atoms with Crippen molar-refractivity contribution in [3.63, 3.8) is 0 Å². The quantitative estimate of drug-likeness (QED) is 0.504. The van der Waals surface area contributed by atoms with Gasteiger partial charge in [-0.3, -0.25) is 4.90 Å². The summed E-state index contributed by atoms with van der Waals surface area (Å²) in [7, 11) is 5.05. The first-order valence-electron chi connectivity index (χ1n) is 10.8. The van der Waals surface area contributed by atoms with Crippen LogP contribution in [0.1, 0.15) is 17.4 Å². The first-order chi connectivity index (χ1) is 15.7. The lowest BCUT2D eigenvalue weighted by Crippen LogP contribution is -2.48. The summed E-state index contributed by atoms with van der Waals surface area (Å²) in [5, 5.41) is 12.6. The molecule has 3 aromatic rings. The average molecular weight is 439 g/mol. The number of tetrazole rings is 1. The van der Waals surface area contributed by atoms with Gasteiger partial charge in [0.2, 0.25) is 0 Å². The molecule has 1 saturated heterocycles. The van der Waals surface area contributed by atoms with Crippen LogP contribution >= 0.6 is 0 Å². The summed E-state index contributed by atoms with van der Waals surface area (Å²) in [6.45, 7) is 4.77. The fourth-order valence-electron chi connectivity index (χ4n) is 4.09. The molecule has 170 valence electrons. The normalized spacial score (nSPS) is 15.5. The molecule has 0 saturated carbocycles. The van der Waals surface area contributed by atoms with Crippen molar-refractivity contribution < 1.29 is 14.2 Å². The van der Waals surface area contributed by atoms with Crippen molar-refractivity contribution in [2.75, 3.05) is 59.0 Å². The highest BCUT2D eigenvalue weighted by Gasteiger charge is 2.30. The van der Waals surface area contributed by atoms with Gasteiger partial charge in [0.1, 0.15) is 11.5 Å². The van der Waals surface area contributed by atoms with E-state index in [0.29, 0.717) is 13.2 Å². The highest BCUT2D eigenvalue weighted by Crippen LogP contribution is 2.30. The molecule has 0 spiro atoms. The molecule has 0 bridgehead atoms. The molecule has 0 radical (unpaired) electrons. The molecule has 1 aromatic heterocycles. The van der Waals surface area contributed by atoms with Gasteiger partial charge in [-0.2, -0.15) is 0 Å². The zero-order valence-corrected chi connectivity index (χ0v) is 18.8. The summed E-state index contributed by atoms with van der Waals surface area (Å²) in [4.78, 5) is 4.84. The zero-order chi connectivity index (χ0) is 22.3. The van der Waals surface area contributed by atoms with Gasteiger partial charge in [-0.25, -0.2) is 4.68 Å². The van der Waals surface area contributed by atoms with Gasteiger partial charge in [0, 0.05) is 39.0 Å². The first kappa shape index (κ1) is 22.0. The van der Waals surface area contributed by atoms with E-state index in [-0.39, 0.29) is 6.04 Å². The summed E-state index contributed by atoms with van der Waals surface area (Å²) in [5.41, 5.74) is 2.34. The minimum atomic E-state index is -0.0502. The molecular weight excluding hydrogens is 408 g/mol. The maximum atomic E-state index is 5.35. The number of hydrogen-bond donors (Lipinski definition) is 0. The fourth-order valence-corrected chi connectivity index (χ4v) is 4.09. The minimum absolute atomic E-state index is 0.0502. The van der Waals surface area contributed by atoms with E-state index in [1.54, 1.807) is 21.3 Å². The second-order valence-electron chi connectivity index (χ2n) is 7.65. The van der Waals surface area contributed by atoms with Crippen LogP contribution in [0.3, 0.4) is 0 Å². The van der Waals surface area contributed by atoms with Crippen molar-refractivity contribution in [2.45, 2.75) is 12.6 Å². The number of hydrogen-bond acceptors (Lipinski definition) is 8. The highest BCUT2D eigenvalue weighted by molar-refractivity contribution is 5.49. The SMILES string of the molecule is COCCn1nnnc1C(c1ccc(OC)cc1)N1CCN(c2ccc(OC)cc2)CC1. The van der Waals surface area contributed by atoms with Crippen LogP contribution in [0.25, 0.3) is 0 Å². The lowest BCUT2D eigenvalue weighted by atomic mass is 10.0. The van der Waals surface area contributed by atoms with Crippen LogP contribution in [0.4, 0.5) is 5.69 Å². The van der Waals surface area contributed by atoms with E-state index in [0.717, 1.165) is 49.1 Å². The topological polar surface area (TPSA) is 77.8 Å². The number of piperazine rings is 1. The van der Waals surface area contributed by atoms with Gasteiger partial charge in [-0.15, -0.1) is 5.10 Å². The number of aromatic nitrogens is 4. The van der Waals surface area contributed by atoms with Gasteiger partial charge in [0.15, 0.2) is 5.82 Å². The van der Waals surface area contributed by atoms with E-state index in [1.165, 1.54) is 5.69 Å². The van der Waals surface area contributed by atoms with Gasteiger partial charge < -0.3 is 19.1 Å². The first-order valence-corrected chi connectivity index (χ1v) is 10.8. The zero-order valence-electron chi connectivity index (χ0n) is 18.8. The van der Waals surface area contributed by atoms with Crippen LogP contribution < -0.4 is 14.4 Å². The molecule has 9 heteroatoms. The molecule has 9 nitrogen and oxygen atoms in total. The molecule has 1 fully saturated rings. The third-order valence-corrected chi connectivity index (χ3v) is 5.86. The average Bonchev–Trinajstić information content (AvgIpc) is 3.32. The van der Waals surface area contributed by atoms with Gasteiger partial charge in [0.05, 0.1) is 33.4 Å². The Labute approximate surface area is 188 Å². The summed E-state index contributed by atoms with van der Waals surface area (Å²) in [5.74, 6) is 2.52. The van der Waals surface area contributed by atoms with Crippen LogP contribution in [-0.2, 0) is 11.3 Å². The minimum Gasteiger partial charge on any atom is -0.497 e. The summed E-state index contributed by atoms with van der Waals surface area (Å²) >= 11 is 0. The van der Waals surface area contributed by atoms with E-state index in [4.69, 9.17) is 14.2 Å². The maximum Gasteiger partial charge on any atom is 0.173 e. The molecular formula is C23H30N6O3. The lowest BCUT2D eigenvalue weighted by Gasteiger charge is -2.40. The molecule has 0 amide bonds. The van der Waals surface area contributed by atoms with Crippen molar-refractivity contribution in [3.05, 3.63) is 59.9 Å². The van der Waals surface area contributed by atoms with Crippen molar-refractivity contribution in [3.8, 4) is 11.5 Å². The summed E-state index contributed by atoms with van der Waals surface area (Å²) in [6.07, 6.45) is 0. The fraction of sp³-hybridized carbons (Fsp3) is 0.435. The predicted octanol–water partition coefficient (Wildman–Crippen LogP) is 2.25. The summed E-state index contributed by atoms with van der Waals surface area (Å²) in [6, 6.07) is 16.3. The van der Waals surface area contributed by atoms with E-state index < -0.39 is 0 Å². The third kappa shape index (κ3) is 4.84. The van der Waals surface area contributed by atoms with E-state index >= 15 is 0 Å². The molecule has 4 rings (SSSR count). The second-order valence-corrected chi connectivity index (χ2v) is 7.65. The van der Waals surface area contributed by atoms with Gasteiger partial charge in [0.25, 0.3) is 0 Å². The second kappa shape index (κ2) is 10.4. The summed E-state index contributed by atoms with van der Waals surface area (Å²) < 4.78 is 17.7. The predicted molar refractivity (Wildman–Crippen MR) is 121 cm³/mol. The molecule has 2 heterocycles. The van der Waals surface area contributed by atoms with Crippen LogP contribution in [0, 0.1) is 0 Å². The number of benzene rings is 2. The van der Waals surface area contributed by atoms with Crippen molar-refractivity contribution in [2.24, 2.45) is 0 Å². The Kier molecular flexibility index (Phi) is 7.18. The number of anilines is 1. The van der Waals surface area contributed by atoms with E-state index in [1.807, 2.05) is 28.9 Å². The molecule has 2 aromatic carbocycles. The Bertz CT molecular complexity index is 968. The van der Waals surface area contributed by atoms with E-state index in [2.05, 4.69) is 49.6 Å². The van der Waals surface area contributed by atoms with Gasteiger partial charge >= 0.3 is 0 Å². The number of methoxy groups -OCH3 is 3. The maximum absolute atomic E-state index is 5.35.